The molecule has 144 valence electrons. The standard InChI is InChI=1S/C21H22N4O3/c1-27-17-8-6-15(7-9-17)10-11-22-21(26)19-13-20(24-14-23-19)25-16-4-3-5-18(12-16)28-2/h3-9,12-14H,10-11H2,1-2H3,(H,22,26)(H,23,24,25). The summed E-state index contributed by atoms with van der Waals surface area (Å²) >= 11 is 0. The molecule has 7 heteroatoms. The van der Waals surface area contributed by atoms with E-state index >= 15 is 0 Å². The summed E-state index contributed by atoms with van der Waals surface area (Å²) in [6.45, 7) is 0.508. The van der Waals surface area contributed by atoms with E-state index in [1.165, 1.54) is 6.33 Å². The summed E-state index contributed by atoms with van der Waals surface area (Å²) in [5.41, 5.74) is 2.23. The highest BCUT2D eigenvalue weighted by Crippen LogP contribution is 2.20. The minimum absolute atomic E-state index is 0.246. The molecule has 3 aromatic rings. The van der Waals surface area contributed by atoms with E-state index in [-0.39, 0.29) is 5.91 Å². The first-order valence-corrected chi connectivity index (χ1v) is 8.82. The van der Waals surface area contributed by atoms with Crippen LogP contribution in [0, 0.1) is 0 Å². The van der Waals surface area contributed by atoms with Crippen LogP contribution >= 0.6 is 0 Å². The quantitative estimate of drug-likeness (QED) is 0.626. The Morgan fingerprint density at radius 2 is 1.75 bits per heavy atom. The fraction of sp³-hybridized carbons (Fsp3) is 0.190. The number of rotatable bonds is 8. The summed E-state index contributed by atoms with van der Waals surface area (Å²) in [6.07, 6.45) is 2.08. The number of benzene rings is 2. The van der Waals surface area contributed by atoms with Crippen LogP contribution in [-0.2, 0) is 6.42 Å². The molecule has 3 rings (SSSR count). The number of hydrogen-bond donors (Lipinski definition) is 2. The van der Waals surface area contributed by atoms with Gasteiger partial charge >= 0.3 is 0 Å². The zero-order valence-corrected chi connectivity index (χ0v) is 15.8. The average Bonchev–Trinajstić information content (AvgIpc) is 2.74. The lowest BCUT2D eigenvalue weighted by atomic mass is 10.1. The number of nitrogens with zero attached hydrogens (tertiary/aromatic N) is 2. The van der Waals surface area contributed by atoms with E-state index in [1.54, 1.807) is 20.3 Å². The van der Waals surface area contributed by atoms with Crippen LogP contribution in [0.4, 0.5) is 11.5 Å². The van der Waals surface area contributed by atoms with Crippen molar-refractivity contribution in [2.75, 3.05) is 26.1 Å². The van der Waals surface area contributed by atoms with E-state index < -0.39 is 0 Å². The summed E-state index contributed by atoms with van der Waals surface area (Å²) in [5.74, 6) is 1.83. The van der Waals surface area contributed by atoms with Crippen molar-refractivity contribution in [2.45, 2.75) is 6.42 Å². The van der Waals surface area contributed by atoms with Gasteiger partial charge in [0.05, 0.1) is 14.2 Å². The van der Waals surface area contributed by atoms with E-state index in [2.05, 4.69) is 20.6 Å². The van der Waals surface area contributed by atoms with Crippen molar-refractivity contribution in [3.8, 4) is 11.5 Å². The van der Waals surface area contributed by atoms with Gasteiger partial charge in [-0.1, -0.05) is 18.2 Å². The molecule has 1 aromatic heterocycles. The minimum atomic E-state index is -0.246. The van der Waals surface area contributed by atoms with Gasteiger partial charge in [-0.3, -0.25) is 4.79 Å². The Labute approximate surface area is 163 Å². The molecule has 0 unspecified atom stereocenters. The van der Waals surface area contributed by atoms with Crippen molar-refractivity contribution in [3.63, 3.8) is 0 Å². The number of carbonyl (C=O) groups excluding carboxylic acids is 1. The van der Waals surface area contributed by atoms with Gasteiger partial charge in [0, 0.05) is 24.4 Å². The number of anilines is 2. The summed E-state index contributed by atoms with van der Waals surface area (Å²) in [5, 5.41) is 6.02. The lowest BCUT2D eigenvalue weighted by Crippen LogP contribution is -2.26. The van der Waals surface area contributed by atoms with Gasteiger partial charge in [0.25, 0.3) is 5.91 Å². The van der Waals surface area contributed by atoms with Gasteiger partial charge in [-0.05, 0) is 36.2 Å². The van der Waals surface area contributed by atoms with Crippen molar-refractivity contribution < 1.29 is 14.3 Å². The van der Waals surface area contributed by atoms with Crippen molar-refractivity contribution in [1.29, 1.82) is 0 Å². The third-order valence-corrected chi connectivity index (χ3v) is 4.10. The Kier molecular flexibility index (Phi) is 6.41. The van der Waals surface area contributed by atoms with Crippen LogP contribution in [0.5, 0.6) is 11.5 Å². The van der Waals surface area contributed by atoms with Gasteiger partial charge in [0.2, 0.25) is 0 Å². The fourth-order valence-corrected chi connectivity index (χ4v) is 2.60. The normalized spacial score (nSPS) is 10.2. The molecule has 0 aliphatic carbocycles. The van der Waals surface area contributed by atoms with Gasteiger partial charge in [-0.2, -0.15) is 0 Å². The van der Waals surface area contributed by atoms with Crippen LogP contribution in [0.1, 0.15) is 16.1 Å². The first kappa shape index (κ1) is 19.2. The summed E-state index contributed by atoms with van der Waals surface area (Å²) < 4.78 is 10.3. The fourth-order valence-electron chi connectivity index (χ4n) is 2.60. The second-order valence-corrected chi connectivity index (χ2v) is 6.00. The largest absolute Gasteiger partial charge is 0.497 e. The molecule has 0 bridgehead atoms. The van der Waals surface area contributed by atoms with Gasteiger partial charge in [-0.15, -0.1) is 0 Å². The second kappa shape index (κ2) is 9.36. The topological polar surface area (TPSA) is 85.4 Å². The molecule has 0 aliphatic heterocycles. The maximum absolute atomic E-state index is 12.4. The number of aromatic nitrogens is 2. The first-order valence-electron chi connectivity index (χ1n) is 8.82. The van der Waals surface area contributed by atoms with Gasteiger partial charge in [0.1, 0.15) is 29.3 Å². The highest BCUT2D eigenvalue weighted by Gasteiger charge is 2.09. The molecule has 0 fully saturated rings. The monoisotopic (exact) mass is 378 g/mol. The summed E-state index contributed by atoms with van der Waals surface area (Å²) in [4.78, 5) is 20.6. The Hall–Kier alpha value is -3.61. The molecule has 0 atom stereocenters. The van der Waals surface area contributed by atoms with Gasteiger partial charge in [0.15, 0.2) is 0 Å². The van der Waals surface area contributed by atoms with Crippen molar-refractivity contribution in [2.24, 2.45) is 0 Å². The van der Waals surface area contributed by atoms with Crippen LogP contribution in [0.25, 0.3) is 0 Å². The van der Waals surface area contributed by atoms with Gasteiger partial charge in [-0.25, -0.2) is 9.97 Å². The highest BCUT2D eigenvalue weighted by atomic mass is 16.5. The molecule has 0 spiro atoms. The lowest BCUT2D eigenvalue weighted by molar-refractivity contribution is 0.0949. The van der Waals surface area contributed by atoms with Crippen molar-refractivity contribution in [1.82, 2.24) is 15.3 Å². The predicted octanol–water partition coefficient (Wildman–Crippen LogP) is 3.21. The third-order valence-electron chi connectivity index (χ3n) is 4.10. The Bertz CT molecular complexity index is 929. The Morgan fingerprint density at radius 3 is 2.50 bits per heavy atom. The summed E-state index contributed by atoms with van der Waals surface area (Å²) in [6, 6.07) is 16.8. The van der Waals surface area contributed by atoms with E-state index in [9.17, 15) is 4.79 Å². The van der Waals surface area contributed by atoms with Crippen LogP contribution in [0.15, 0.2) is 60.9 Å². The van der Waals surface area contributed by atoms with Crippen molar-refractivity contribution >= 4 is 17.4 Å². The zero-order chi connectivity index (χ0) is 19.8. The molecule has 28 heavy (non-hydrogen) atoms. The molecule has 7 nitrogen and oxygen atoms in total. The molecular weight excluding hydrogens is 356 g/mol. The molecule has 0 radical (unpaired) electrons. The first-order chi connectivity index (χ1) is 13.7. The molecule has 2 aromatic carbocycles. The van der Waals surface area contributed by atoms with Crippen LogP contribution in [-0.4, -0.2) is 36.6 Å². The van der Waals surface area contributed by atoms with E-state index in [0.29, 0.717) is 18.1 Å². The SMILES string of the molecule is COc1ccc(CCNC(=O)c2cc(Nc3cccc(OC)c3)ncn2)cc1. The van der Waals surface area contributed by atoms with Crippen LogP contribution in [0.2, 0.25) is 0 Å². The van der Waals surface area contributed by atoms with Gasteiger partial charge < -0.3 is 20.1 Å². The number of methoxy groups -OCH3 is 2. The number of carbonyl (C=O) groups is 1. The number of nitrogens with one attached hydrogen (secondary N) is 2. The Balaban J connectivity index is 1.57. The second-order valence-electron chi connectivity index (χ2n) is 6.00. The lowest BCUT2D eigenvalue weighted by Gasteiger charge is -2.09. The molecule has 1 heterocycles. The van der Waals surface area contributed by atoms with E-state index in [1.807, 2.05) is 48.5 Å². The van der Waals surface area contributed by atoms with E-state index in [0.717, 1.165) is 29.2 Å². The molecule has 0 saturated carbocycles. The Morgan fingerprint density at radius 1 is 0.964 bits per heavy atom. The minimum Gasteiger partial charge on any atom is -0.497 e. The molecule has 0 aliphatic rings. The maximum atomic E-state index is 12.4. The van der Waals surface area contributed by atoms with E-state index in [4.69, 9.17) is 9.47 Å². The van der Waals surface area contributed by atoms with Crippen LogP contribution in [0.3, 0.4) is 0 Å². The smallest absolute Gasteiger partial charge is 0.270 e. The third kappa shape index (κ3) is 5.20. The molecule has 2 N–H and O–H groups in total. The average molecular weight is 378 g/mol. The van der Waals surface area contributed by atoms with Crippen LogP contribution < -0.4 is 20.1 Å². The molecular formula is C21H22N4O3. The zero-order valence-electron chi connectivity index (χ0n) is 15.8. The number of hydrogen-bond acceptors (Lipinski definition) is 6. The number of amides is 1. The van der Waals surface area contributed by atoms with Crippen molar-refractivity contribution in [3.05, 3.63) is 72.2 Å². The maximum Gasteiger partial charge on any atom is 0.270 e. The molecule has 1 amide bonds. The molecule has 0 saturated heterocycles. The summed E-state index contributed by atoms with van der Waals surface area (Å²) in [7, 11) is 3.24. The highest BCUT2D eigenvalue weighted by molar-refractivity contribution is 5.92. The number of ether oxygens (including phenoxy) is 2. The predicted molar refractivity (Wildman–Crippen MR) is 107 cm³/mol.